The van der Waals surface area contributed by atoms with Gasteiger partial charge in [0.1, 0.15) is 0 Å². The molecule has 0 amide bonds. The molecular weight excluding hydrogens is 238 g/mol. The summed E-state index contributed by atoms with van der Waals surface area (Å²) in [5, 5.41) is 3.28. The van der Waals surface area contributed by atoms with Crippen molar-refractivity contribution >= 4 is 5.95 Å². The van der Waals surface area contributed by atoms with E-state index in [9.17, 15) is 0 Å². The van der Waals surface area contributed by atoms with Crippen LogP contribution in [0.25, 0.3) is 0 Å². The van der Waals surface area contributed by atoms with Crippen LogP contribution < -0.4 is 10.2 Å². The van der Waals surface area contributed by atoms with Gasteiger partial charge in [-0.25, -0.2) is 9.97 Å². The van der Waals surface area contributed by atoms with Crippen molar-refractivity contribution in [3.8, 4) is 0 Å². The third kappa shape index (κ3) is 3.42. The Morgan fingerprint density at radius 2 is 1.79 bits per heavy atom. The SMILES string of the molecule is CCNCc1cnc(N2CC(C)N(C)C(C)C2)nc1. The highest BCUT2D eigenvalue weighted by molar-refractivity contribution is 5.31. The van der Waals surface area contributed by atoms with Crippen molar-refractivity contribution in [3.05, 3.63) is 18.0 Å². The first kappa shape index (κ1) is 14.2. The molecule has 1 aromatic heterocycles. The Hall–Kier alpha value is -1.20. The lowest BCUT2D eigenvalue weighted by atomic mass is 10.1. The van der Waals surface area contributed by atoms with Gasteiger partial charge in [-0.15, -0.1) is 0 Å². The molecule has 2 unspecified atom stereocenters. The van der Waals surface area contributed by atoms with E-state index in [1.165, 1.54) is 0 Å². The molecule has 2 atom stereocenters. The molecule has 0 saturated carbocycles. The lowest BCUT2D eigenvalue weighted by molar-refractivity contribution is 0.169. The first-order valence-electron chi connectivity index (χ1n) is 7.10. The monoisotopic (exact) mass is 263 g/mol. The first-order chi connectivity index (χ1) is 9.11. The van der Waals surface area contributed by atoms with Crippen LogP contribution in [0.1, 0.15) is 26.3 Å². The summed E-state index contributed by atoms with van der Waals surface area (Å²) in [4.78, 5) is 13.7. The third-order valence-corrected chi connectivity index (χ3v) is 3.91. The molecule has 1 aliphatic rings. The van der Waals surface area contributed by atoms with E-state index in [0.29, 0.717) is 12.1 Å². The Labute approximate surface area is 116 Å². The second kappa shape index (κ2) is 6.30. The average molecular weight is 263 g/mol. The topological polar surface area (TPSA) is 44.3 Å². The fourth-order valence-electron chi connectivity index (χ4n) is 2.44. The normalized spacial score (nSPS) is 24.7. The molecule has 1 saturated heterocycles. The Kier molecular flexibility index (Phi) is 4.71. The molecule has 5 nitrogen and oxygen atoms in total. The third-order valence-electron chi connectivity index (χ3n) is 3.91. The Morgan fingerprint density at radius 1 is 1.21 bits per heavy atom. The van der Waals surface area contributed by atoms with Crippen LogP contribution in [0.2, 0.25) is 0 Å². The van der Waals surface area contributed by atoms with Crippen LogP contribution >= 0.6 is 0 Å². The fraction of sp³-hybridized carbons (Fsp3) is 0.714. The minimum Gasteiger partial charge on any atom is -0.338 e. The van der Waals surface area contributed by atoms with Crippen molar-refractivity contribution in [3.63, 3.8) is 0 Å². The minimum atomic E-state index is 0.536. The van der Waals surface area contributed by atoms with Crippen LogP contribution in [0.3, 0.4) is 0 Å². The van der Waals surface area contributed by atoms with E-state index in [-0.39, 0.29) is 0 Å². The smallest absolute Gasteiger partial charge is 0.225 e. The average Bonchev–Trinajstić information content (AvgIpc) is 2.42. The van der Waals surface area contributed by atoms with Gasteiger partial charge in [-0.1, -0.05) is 6.92 Å². The quantitative estimate of drug-likeness (QED) is 0.882. The molecule has 0 aliphatic carbocycles. The summed E-state index contributed by atoms with van der Waals surface area (Å²) in [6.45, 7) is 10.4. The van der Waals surface area contributed by atoms with Gasteiger partial charge in [0.2, 0.25) is 5.95 Å². The highest BCUT2D eigenvalue weighted by Gasteiger charge is 2.27. The predicted octanol–water partition coefficient (Wildman–Crippen LogP) is 1.11. The molecule has 1 N–H and O–H groups in total. The van der Waals surface area contributed by atoms with E-state index < -0.39 is 0 Å². The maximum absolute atomic E-state index is 4.51. The van der Waals surface area contributed by atoms with Gasteiger partial charge in [0.15, 0.2) is 0 Å². The first-order valence-corrected chi connectivity index (χ1v) is 7.10. The lowest BCUT2D eigenvalue weighted by Gasteiger charge is -2.42. The standard InChI is InChI=1S/C14H25N5/c1-5-15-6-13-7-16-14(17-8-13)19-9-11(2)18(4)12(3)10-19/h7-8,11-12,15H,5-6,9-10H2,1-4H3. The molecule has 5 heteroatoms. The van der Waals surface area contributed by atoms with Crippen molar-refractivity contribution in [2.24, 2.45) is 0 Å². The maximum atomic E-state index is 4.51. The largest absolute Gasteiger partial charge is 0.338 e. The number of piperazine rings is 1. The summed E-state index contributed by atoms with van der Waals surface area (Å²) in [6.07, 6.45) is 3.86. The molecule has 106 valence electrons. The van der Waals surface area contributed by atoms with Crippen LogP contribution in [0.15, 0.2) is 12.4 Å². The Bertz CT molecular complexity index is 379. The number of nitrogens with one attached hydrogen (secondary N) is 1. The molecular formula is C14H25N5. The molecule has 19 heavy (non-hydrogen) atoms. The maximum Gasteiger partial charge on any atom is 0.225 e. The van der Waals surface area contributed by atoms with Crippen LogP contribution in [0, 0.1) is 0 Å². The molecule has 0 aromatic carbocycles. The van der Waals surface area contributed by atoms with Crippen molar-refractivity contribution in [1.82, 2.24) is 20.2 Å². The zero-order valence-electron chi connectivity index (χ0n) is 12.4. The number of anilines is 1. The van der Waals surface area contributed by atoms with Gasteiger partial charge in [-0.2, -0.15) is 0 Å². The summed E-state index contributed by atoms with van der Waals surface area (Å²) in [5.41, 5.74) is 1.14. The number of hydrogen-bond donors (Lipinski definition) is 1. The number of hydrogen-bond acceptors (Lipinski definition) is 5. The number of rotatable bonds is 4. The van der Waals surface area contributed by atoms with Crippen molar-refractivity contribution in [2.75, 3.05) is 31.6 Å². The fourth-order valence-corrected chi connectivity index (χ4v) is 2.44. The van der Waals surface area contributed by atoms with Crippen molar-refractivity contribution in [1.29, 1.82) is 0 Å². The van der Waals surface area contributed by atoms with Gasteiger partial charge in [0, 0.05) is 49.7 Å². The van der Waals surface area contributed by atoms with Gasteiger partial charge in [-0.3, -0.25) is 4.90 Å². The van der Waals surface area contributed by atoms with Gasteiger partial charge < -0.3 is 10.2 Å². The summed E-state index contributed by atoms with van der Waals surface area (Å²) >= 11 is 0. The molecule has 2 rings (SSSR count). The van der Waals surface area contributed by atoms with E-state index >= 15 is 0 Å². The second-order valence-electron chi connectivity index (χ2n) is 5.44. The summed E-state index contributed by atoms with van der Waals surface area (Å²) < 4.78 is 0. The molecule has 1 aliphatic heterocycles. The van der Waals surface area contributed by atoms with E-state index in [0.717, 1.165) is 37.7 Å². The number of nitrogens with zero attached hydrogens (tertiary/aromatic N) is 4. The van der Waals surface area contributed by atoms with E-state index in [1.54, 1.807) is 0 Å². The summed E-state index contributed by atoms with van der Waals surface area (Å²) in [7, 11) is 2.19. The highest BCUT2D eigenvalue weighted by atomic mass is 15.3. The van der Waals surface area contributed by atoms with E-state index in [1.807, 2.05) is 12.4 Å². The molecule has 0 bridgehead atoms. The van der Waals surface area contributed by atoms with Crippen LogP contribution in [-0.2, 0) is 6.54 Å². The minimum absolute atomic E-state index is 0.536. The Morgan fingerprint density at radius 3 is 2.32 bits per heavy atom. The van der Waals surface area contributed by atoms with Crippen molar-refractivity contribution in [2.45, 2.75) is 39.4 Å². The lowest BCUT2D eigenvalue weighted by Crippen LogP contribution is -2.55. The van der Waals surface area contributed by atoms with Gasteiger partial charge in [-0.05, 0) is 27.4 Å². The molecule has 0 radical (unpaired) electrons. The summed E-state index contributed by atoms with van der Waals surface area (Å²) in [6, 6.07) is 1.07. The molecule has 1 aromatic rings. The predicted molar refractivity (Wildman–Crippen MR) is 78.3 cm³/mol. The second-order valence-corrected chi connectivity index (χ2v) is 5.44. The van der Waals surface area contributed by atoms with E-state index in [4.69, 9.17) is 0 Å². The van der Waals surface area contributed by atoms with Crippen LogP contribution in [0.5, 0.6) is 0 Å². The molecule has 1 fully saturated rings. The number of likely N-dealkylation sites (N-methyl/N-ethyl adjacent to an activating group) is 1. The molecule has 0 spiro atoms. The highest BCUT2D eigenvalue weighted by Crippen LogP contribution is 2.17. The zero-order valence-corrected chi connectivity index (χ0v) is 12.4. The van der Waals surface area contributed by atoms with Crippen LogP contribution in [-0.4, -0.2) is 53.6 Å². The van der Waals surface area contributed by atoms with Crippen LogP contribution in [0.4, 0.5) is 5.95 Å². The zero-order chi connectivity index (χ0) is 13.8. The van der Waals surface area contributed by atoms with Gasteiger partial charge >= 0.3 is 0 Å². The van der Waals surface area contributed by atoms with E-state index in [2.05, 4.69) is 52.9 Å². The number of aromatic nitrogens is 2. The summed E-state index contributed by atoms with van der Waals surface area (Å²) in [5.74, 6) is 0.854. The Balaban J connectivity index is 2.02. The molecule has 2 heterocycles. The van der Waals surface area contributed by atoms with Gasteiger partial charge in [0.25, 0.3) is 0 Å². The van der Waals surface area contributed by atoms with Crippen molar-refractivity contribution < 1.29 is 0 Å². The van der Waals surface area contributed by atoms with Gasteiger partial charge in [0.05, 0.1) is 0 Å².